The van der Waals surface area contributed by atoms with Gasteiger partial charge in [-0.1, -0.05) is 58.0 Å². The lowest BCUT2D eigenvalue weighted by Crippen LogP contribution is -2.44. The molecule has 0 radical (unpaired) electrons. The zero-order valence-electron chi connectivity index (χ0n) is 19.4. The summed E-state index contributed by atoms with van der Waals surface area (Å²) in [6, 6.07) is 13.3. The largest absolute Gasteiger partial charge is 0.399 e. The third-order valence-corrected chi connectivity index (χ3v) is 5.86. The summed E-state index contributed by atoms with van der Waals surface area (Å²) in [5, 5.41) is 6.05. The fourth-order valence-corrected chi connectivity index (χ4v) is 3.93. The summed E-state index contributed by atoms with van der Waals surface area (Å²) < 4.78 is 12.4. The molecule has 0 aliphatic carbocycles. The van der Waals surface area contributed by atoms with Crippen molar-refractivity contribution in [2.45, 2.75) is 71.4 Å². The number of anilines is 2. The summed E-state index contributed by atoms with van der Waals surface area (Å²) in [5.74, 6) is -0.473. The van der Waals surface area contributed by atoms with E-state index in [1.807, 2.05) is 44.2 Å². The lowest BCUT2D eigenvalue weighted by molar-refractivity contribution is -0.176. The summed E-state index contributed by atoms with van der Waals surface area (Å²) in [5.41, 5.74) is 10.4. The molecule has 0 aromatic heterocycles. The van der Waals surface area contributed by atoms with Crippen molar-refractivity contribution in [1.29, 1.82) is 0 Å². The molecule has 31 heavy (non-hydrogen) atoms. The van der Waals surface area contributed by atoms with Gasteiger partial charge < -0.3 is 25.8 Å². The number of hydrogen-bond acceptors (Lipinski definition) is 4. The minimum atomic E-state index is -1.05. The van der Waals surface area contributed by atoms with E-state index in [1.165, 1.54) is 0 Å². The van der Waals surface area contributed by atoms with E-state index >= 15 is 0 Å². The molecule has 168 valence electrons. The van der Waals surface area contributed by atoms with Crippen molar-refractivity contribution in [3.05, 3.63) is 59.2 Å². The molecular weight excluding hydrogens is 390 g/mol. The Morgan fingerprint density at radius 3 is 1.97 bits per heavy atom. The van der Waals surface area contributed by atoms with Crippen molar-refractivity contribution in [3.63, 3.8) is 0 Å². The van der Waals surface area contributed by atoms with Crippen LogP contribution >= 0.6 is 0 Å². The Labute approximate surface area is 185 Å². The Morgan fingerprint density at radius 1 is 0.968 bits per heavy atom. The van der Waals surface area contributed by atoms with Crippen molar-refractivity contribution in [3.8, 4) is 0 Å². The maximum atomic E-state index is 13.0. The first-order chi connectivity index (χ1) is 14.6. The van der Waals surface area contributed by atoms with Crippen LogP contribution in [-0.2, 0) is 15.3 Å². The van der Waals surface area contributed by atoms with Crippen LogP contribution in [0.15, 0.2) is 42.5 Å². The topological polar surface area (TPSA) is 85.6 Å². The average Bonchev–Trinajstić information content (AvgIpc) is 3.01. The highest BCUT2D eigenvalue weighted by atomic mass is 16.8. The van der Waals surface area contributed by atoms with E-state index in [2.05, 4.69) is 50.5 Å². The number of carbonyl (C=O) groups is 1. The second-order valence-electron chi connectivity index (χ2n) is 8.95. The molecule has 2 atom stereocenters. The molecule has 0 bridgehead atoms. The predicted molar refractivity (Wildman–Crippen MR) is 125 cm³/mol. The van der Waals surface area contributed by atoms with Crippen LogP contribution in [-0.4, -0.2) is 24.8 Å². The van der Waals surface area contributed by atoms with Gasteiger partial charge in [-0.2, -0.15) is 0 Å². The highest BCUT2D eigenvalue weighted by Crippen LogP contribution is 2.38. The van der Waals surface area contributed by atoms with Crippen molar-refractivity contribution < 1.29 is 14.3 Å². The van der Waals surface area contributed by atoms with E-state index in [4.69, 9.17) is 15.2 Å². The van der Waals surface area contributed by atoms with E-state index in [9.17, 15) is 4.79 Å². The molecule has 3 rings (SSSR count). The van der Waals surface area contributed by atoms with Gasteiger partial charge in [-0.25, -0.2) is 4.79 Å². The van der Waals surface area contributed by atoms with Gasteiger partial charge in [0.25, 0.3) is 0 Å². The number of benzene rings is 2. The highest BCUT2D eigenvalue weighted by molar-refractivity contribution is 5.91. The van der Waals surface area contributed by atoms with Crippen LogP contribution in [0.4, 0.5) is 16.2 Å². The number of ether oxygens (including phenoxy) is 2. The van der Waals surface area contributed by atoms with Gasteiger partial charge >= 0.3 is 6.03 Å². The lowest BCUT2D eigenvalue weighted by Gasteiger charge is -2.29. The minimum absolute atomic E-state index is 0.100. The number of para-hydroxylation sites is 1. The standard InChI is InChI=1S/C25H35N3O3/c1-15(2)21-8-7-9-22(16(3)4)23(21)28-24(29)27-14-25(30-17(5)18(6)31-25)19-10-12-20(26)13-11-19/h7-13,15-18H,14,26H2,1-6H3,(H2,27,28,29)/t17-,18-/m1/s1. The molecule has 4 N–H and O–H groups in total. The average molecular weight is 426 g/mol. The maximum Gasteiger partial charge on any atom is 0.319 e. The Balaban J connectivity index is 1.81. The molecule has 0 spiro atoms. The fraction of sp³-hybridized carbons (Fsp3) is 0.480. The van der Waals surface area contributed by atoms with Gasteiger partial charge in [0.2, 0.25) is 5.79 Å². The number of nitrogens with one attached hydrogen (secondary N) is 2. The molecular formula is C25H35N3O3. The SMILES string of the molecule is CC(C)c1cccc(C(C)C)c1NC(=O)NCC1(c2ccc(N)cc2)O[C@H](C)[C@@H](C)O1. The Morgan fingerprint density at radius 2 is 1.48 bits per heavy atom. The van der Waals surface area contributed by atoms with E-state index in [0.29, 0.717) is 17.5 Å². The van der Waals surface area contributed by atoms with E-state index < -0.39 is 5.79 Å². The van der Waals surface area contributed by atoms with Crippen molar-refractivity contribution >= 4 is 17.4 Å². The number of hydrogen-bond donors (Lipinski definition) is 3. The summed E-state index contributed by atoms with van der Waals surface area (Å²) >= 11 is 0. The zero-order valence-corrected chi connectivity index (χ0v) is 19.4. The summed E-state index contributed by atoms with van der Waals surface area (Å²) in [6.07, 6.45) is -0.201. The molecule has 2 aromatic rings. The first-order valence-corrected chi connectivity index (χ1v) is 11.0. The minimum Gasteiger partial charge on any atom is -0.399 e. The van der Waals surface area contributed by atoms with Crippen LogP contribution in [0.5, 0.6) is 0 Å². The number of carbonyl (C=O) groups excluding carboxylic acids is 1. The van der Waals surface area contributed by atoms with Crippen molar-refractivity contribution in [1.82, 2.24) is 5.32 Å². The smallest absolute Gasteiger partial charge is 0.319 e. The molecule has 1 fully saturated rings. The number of urea groups is 1. The molecule has 6 heteroatoms. The summed E-state index contributed by atoms with van der Waals surface area (Å²) in [7, 11) is 0. The Hall–Kier alpha value is -2.57. The fourth-order valence-electron chi connectivity index (χ4n) is 3.93. The van der Waals surface area contributed by atoms with Crippen LogP contribution in [0.1, 0.15) is 70.1 Å². The third-order valence-electron chi connectivity index (χ3n) is 5.86. The second kappa shape index (κ2) is 9.28. The normalized spacial score (nSPS) is 20.3. The molecule has 1 aliphatic heterocycles. The van der Waals surface area contributed by atoms with Crippen molar-refractivity contribution in [2.24, 2.45) is 0 Å². The first kappa shape index (κ1) is 23.1. The zero-order chi connectivity index (χ0) is 22.8. The molecule has 0 unspecified atom stereocenters. The highest BCUT2D eigenvalue weighted by Gasteiger charge is 2.45. The van der Waals surface area contributed by atoms with Crippen LogP contribution in [0.25, 0.3) is 0 Å². The van der Waals surface area contributed by atoms with Crippen LogP contribution in [0.2, 0.25) is 0 Å². The molecule has 2 amide bonds. The third kappa shape index (κ3) is 5.02. The number of nitrogens with two attached hydrogens (primary N) is 1. The van der Waals surface area contributed by atoms with Gasteiger partial charge in [0.15, 0.2) is 0 Å². The quantitative estimate of drug-likeness (QED) is 0.547. The number of nitrogen functional groups attached to an aromatic ring is 1. The van der Waals surface area contributed by atoms with E-state index in [-0.39, 0.29) is 24.8 Å². The molecule has 6 nitrogen and oxygen atoms in total. The predicted octanol–water partition coefficient (Wildman–Crippen LogP) is 5.31. The maximum absolute atomic E-state index is 13.0. The van der Waals surface area contributed by atoms with Gasteiger partial charge in [0, 0.05) is 16.9 Å². The van der Waals surface area contributed by atoms with Crippen LogP contribution < -0.4 is 16.4 Å². The number of amides is 2. The second-order valence-corrected chi connectivity index (χ2v) is 8.95. The molecule has 0 saturated carbocycles. The summed E-state index contributed by atoms with van der Waals surface area (Å²) in [4.78, 5) is 13.0. The van der Waals surface area contributed by atoms with Crippen LogP contribution in [0.3, 0.4) is 0 Å². The van der Waals surface area contributed by atoms with Gasteiger partial charge in [-0.15, -0.1) is 0 Å². The van der Waals surface area contributed by atoms with E-state index in [0.717, 1.165) is 22.4 Å². The lowest BCUT2D eigenvalue weighted by atomic mass is 9.93. The Bertz CT molecular complexity index is 872. The molecule has 1 saturated heterocycles. The van der Waals surface area contributed by atoms with Gasteiger partial charge in [0.1, 0.15) is 0 Å². The first-order valence-electron chi connectivity index (χ1n) is 11.0. The van der Waals surface area contributed by atoms with Gasteiger partial charge in [-0.05, 0) is 48.9 Å². The summed E-state index contributed by atoms with van der Waals surface area (Å²) in [6.45, 7) is 12.6. The van der Waals surface area contributed by atoms with Crippen LogP contribution in [0, 0.1) is 0 Å². The molecule has 2 aromatic carbocycles. The monoisotopic (exact) mass is 425 g/mol. The molecule has 1 heterocycles. The van der Waals surface area contributed by atoms with Gasteiger partial charge in [0.05, 0.1) is 18.8 Å². The Kier molecular flexibility index (Phi) is 6.92. The van der Waals surface area contributed by atoms with E-state index in [1.54, 1.807) is 0 Å². The number of rotatable bonds is 6. The van der Waals surface area contributed by atoms with Gasteiger partial charge in [-0.3, -0.25) is 0 Å². The van der Waals surface area contributed by atoms with Crippen molar-refractivity contribution in [2.75, 3.05) is 17.6 Å². The molecule has 1 aliphatic rings.